The number of imide groups is 1. The number of urea groups is 1. The number of halogens is 4. The minimum absolute atomic E-state index is 0.325. The van der Waals surface area contributed by atoms with E-state index in [9.17, 15) is 37.3 Å². The fraction of sp³-hybridized carbons (Fsp3) is 0.385. The molecule has 1 heterocycles. The SMILES string of the molecule is CN1C(=O)N(c2ccc([N+](=O)[O-])c(C(F)(F)F)c2)C(=O)C1(C)CF. The lowest BCUT2D eigenvalue weighted by Crippen LogP contribution is -2.47. The van der Waals surface area contributed by atoms with Crippen molar-refractivity contribution in [1.29, 1.82) is 0 Å². The summed E-state index contributed by atoms with van der Waals surface area (Å²) in [6.45, 7) is -0.104. The van der Waals surface area contributed by atoms with Crippen LogP contribution < -0.4 is 4.90 Å². The molecule has 3 amide bonds. The van der Waals surface area contributed by atoms with E-state index in [0.717, 1.165) is 24.9 Å². The molecule has 0 spiro atoms. The van der Waals surface area contributed by atoms with E-state index in [1.807, 2.05) is 0 Å². The van der Waals surface area contributed by atoms with Crippen LogP contribution in [0.25, 0.3) is 0 Å². The van der Waals surface area contributed by atoms with Crippen molar-refractivity contribution >= 4 is 23.3 Å². The van der Waals surface area contributed by atoms with Crippen LogP contribution in [0.5, 0.6) is 0 Å². The molecule has 1 aromatic carbocycles. The third-order valence-electron chi connectivity index (χ3n) is 3.88. The van der Waals surface area contributed by atoms with Gasteiger partial charge < -0.3 is 4.90 Å². The van der Waals surface area contributed by atoms with Crippen LogP contribution in [0, 0.1) is 10.1 Å². The van der Waals surface area contributed by atoms with Gasteiger partial charge in [0.1, 0.15) is 17.8 Å². The summed E-state index contributed by atoms with van der Waals surface area (Å²) >= 11 is 0. The molecule has 0 aromatic heterocycles. The van der Waals surface area contributed by atoms with Gasteiger partial charge in [0.2, 0.25) is 0 Å². The zero-order valence-electron chi connectivity index (χ0n) is 12.4. The average Bonchev–Trinajstić information content (AvgIpc) is 2.67. The summed E-state index contributed by atoms with van der Waals surface area (Å²) in [7, 11) is 1.13. The Balaban J connectivity index is 2.60. The van der Waals surface area contributed by atoms with Gasteiger partial charge in [-0.2, -0.15) is 13.2 Å². The van der Waals surface area contributed by atoms with Crippen molar-refractivity contribution in [3.8, 4) is 0 Å². The zero-order chi connectivity index (χ0) is 18.4. The van der Waals surface area contributed by atoms with Crippen molar-refractivity contribution in [2.45, 2.75) is 18.6 Å². The molecule has 0 aliphatic carbocycles. The Labute approximate surface area is 132 Å². The van der Waals surface area contributed by atoms with E-state index < -0.39 is 52.2 Å². The number of amides is 3. The van der Waals surface area contributed by atoms with Crippen LogP contribution in [0.4, 0.5) is 33.7 Å². The van der Waals surface area contributed by atoms with E-state index in [1.165, 1.54) is 0 Å². The van der Waals surface area contributed by atoms with Crippen molar-refractivity contribution in [3.63, 3.8) is 0 Å². The molecule has 0 bridgehead atoms. The lowest BCUT2D eigenvalue weighted by atomic mass is 10.0. The molecule has 1 atom stereocenters. The summed E-state index contributed by atoms with van der Waals surface area (Å²) < 4.78 is 52.2. The Morgan fingerprint density at radius 3 is 2.29 bits per heavy atom. The number of carbonyl (C=O) groups is 2. The summed E-state index contributed by atoms with van der Waals surface area (Å²) in [5, 5.41) is 10.7. The Morgan fingerprint density at radius 1 is 1.29 bits per heavy atom. The Kier molecular flexibility index (Phi) is 3.98. The van der Waals surface area contributed by atoms with E-state index in [0.29, 0.717) is 17.0 Å². The number of hydrogen-bond donors (Lipinski definition) is 0. The van der Waals surface area contributed by atoms with Gasteiger partial charge in [0.25, 0.3) is 11.6 Å². The van der Waals surface area contributed by atoms with Gasteiger partial charge in [0.15, 0.2) is 0 Å². The first-order valence-corrected chi connectivity index (χ1v) is 6.49. The number of nitrogens with zero attached hydrogens (tertiary/aromatic N) is 3. The maximum Gasteiger partial charge on any atom is 0.423 e. The molecule has 24 heavy (non-hydrogen) atoms. The molecule has 1 aliphatic heterocycles. The fourth-order valence-corrected chi connectivity index (χ4v) is 2.26. The molecule has 130 valence electrons. The topological polar surface area (TPSA) is 83.8 Å². The highest BCUT2D eigenvalue weighted by Crippen LogP contribution is 2.40. The maximum absolute atomic E-state index is 13.2. The van der Waals surface area contributed by atoms with E-state index in [-0.39, 0.29) is 0 Å². The van der Waals surface area contributed by atoms with E-state index in [1.54, 1.807) is 0 Å². The quantitative estimate of drug-likeness (QED) is 0.364. The number of carbonyl (C=O) groups excluding carboxylic acids is 2. The highest BCUT2D eigenvalue weighted by atomic mass is 19.4. The van der Waals surface area contributed by atoms with Gasteiger partial charge in [-0.25, -0.2) is 14.1 Å². The van der Waals surface area contributed by atoms with Crippen LogP contribution in [-0.2, 0) is 11.0 Å². The first-order chi connectivity index (χ1) is 10.9. The number of nitro benzene ring substituents is 1. The number of likely N-dealkylation sites (N-methyl/N-ethyl adjacent to an activating group) is 1. The number of rotatable bonds is 3. The number of hydrogen-bond acceptors (Lipinski definition) is 4. The van der Waals surface area contributed by atoms with Gasteiger partial charge in [-0.3, -0.25) is 14.9 Å². The van der Waals surface area contributed by atoms with Crippen LogP contribution in [0.2, 0.25) is 0 Å². The lowest BCUT2D eigenvalue weighted by Gasteiger charge is -2.24. The zero-order valence-corrected chi connectivity index (χ0v) is 12.4. The largest absolute Gasteiger partial charge is 0.423 e. The summed E-state index contributed by atoms with van der Waals surface area (Å²) in [4.78, 5) is 35.0. The summed E-state index contributed by atoms with van der Waals surface area (Å²) in [5.74, 6) is -1.06. The molecule has 1 aliphatic rings. The van der Waals surface area contributed by atoms with Crippen molar-refractivity contribution in [3.05, 3.63) is 33.9 Å². The Bertz CT molecular complexity index is 736. The number of alkyl halides is 4. The molecule has 1 aromatic rings. The van der Waals surface area contributed by atoms with Crippen LogP contribution >= 0.6 is 0 Å². The molecule has 0 radical (unpaired) electrons. The predicted molar refractivity (Wildman–Crippen MR) is 73.1 cm³/mol. The van der Waals surface area contributed by atoms with Crippen molar-refractivity contribution in [2.75, 3.05) is 18.6 Å². The van der Waals surface area contributed by atoms with E-state index >= 15 is 0 Å². The molecule has 11 heteroatoms. The average molecular weight is 349 g/mol. The van der Waals surface area contributed by atoms with Crippen LogP contribution in [0.3, 0.4) is 0 Å². The smallest absolute Gasteiger partial charge is 0.310 e. The lowest BCUT2D eigenvalue weighted by molar-refractivity contribution is -0.388. The Hall–Kier alpha value is -2.72. The third-order valence-corrected chi connectivity index (χ3v) is 3.88. The van der Waals surface area contributed by atoms with Crippen LogP contribution in [0.15, 0.2) is 18.2 Å². The second-order valence-electron chi connectivity index (χ2n) is 5.35. The van der Waals surface area contributed by atoms with E-state index in [2.05, 4.69) is 0 Å². The molecule has 1 saturated heterocycles. The second kappa shape index (κ2) is 5.42. The van der Waals surface area contributed by atoms with Crippen LogP contribution in [0.1, 0.15) is 12.5 Å². The monoisotopic (exact) mass is 349 g/mol. The summed E-state index contributed by atoms with van der Waals surface area (Å²) in [6, 6.07) is 0.679. The van der Waals surface area contributed by atoms with Crippen molar-refractivity contribution in [2.24, 2.45) is 0 Å². The maximum atomic E-state index is 13.2. The molecular weight excluding hydrogens is 338 g/mol. The first kappa shape index (κ1) is 17.6. The molecule has 7 nitrogen and oxygen atoms in total. The third kappa shape index (κ3) is 2.45. The minimum Gasteiger partial charge on any atom is -0.310 e. The van der Waals surface area contributed by atoms with Crippen molar-refractivity contribution in [1.82, 2.24) is 4.90 Å². The number of benzene rings is 1. The van der Waals surface area contributed by atoms with E-state index in [4.69, 9.17) is 0 Å². The molecule has 2 rings (SSSR count). The standard InChI is InChI=1S/C13H11F4N3O4/c1-12(6-14)10(21)19(11(22)18(12)2)7-3-4-9(20(23)24)8(5-7)13(15,16)17/h3-5H,6H2,1-2H3. The fourth-order valence-electron chi connectivity index (χ4n) is 2.26. The van der Waals surface area contributed by atoms with Gasteiger partial charge in [0, 0.05) is 13.1 Å². The summed E-state index contributed by atoms with van der Waals surface area (Å²) in [6.07, 6.45) is -5.07. The molecule has 0 saturated carbocycles. The normalized spacial score (nSPS) is 21.6. The molecular formula is C13H11F4N3O4. The Morgan fingerprint density at radius 2 is 1.88 bits per heavy atom. The predicted octanol–water partition coefficient (Wildman–Crippen LogP) is 2.74. The van der Waals surface area contributed by atoms with Gasteiger partial charge in [-0.05, 0) is 19.1 Å². The summed E-state index contributed by atoms with van der Waals surface area (Å²) in [5.41, 5.74) is -5.20. The highest BCUT2D eigenvalue weighted by molar-refractivity contribution is 6.23. The molecule has 0 N–H and O–H groups in total. The molecule has 1 unspecified atom stereocenters. The number of anilines is 1. The highest BCUT2D eigenvalue weighted by Gasteiger charge is 2.54. The van der Waals surface area contributed by atoms with Crippen LogP contribution in [-0.4, -0.2) is 41.0 Å². The minimum atomic E-state index is -5.07. The number of nitro groups is 1. The van der Waals surface area contributed by atoms with Crippen molar-refractivity contribution < 1.29 is 32.1 Å². The van der Waals surface area contributed by atoms with Gasteiger partial charge >= 0.3 is 12.2 Å². The van der Waals surface area contributed by atoms with Gasteiger partial charge in [-0.15, -0.1) is 0 Å². The second-order valence-corrected chi connectivity index (χ2v) is 5.35. The first-order valence-electron chi connectivity index (χ1n) is 6.49. The molecule has 1 fully saturated rings. The van der Waals surface area contributed by atoms with Gasteiger partial charge in [-0.1, -0.05) is 0 Å². The van der Waals surface area contributed by atoms with Gasteiger partial charge in [0.05, 0.1) is 10.6 Å².